The van der Waals surface area contributed by atoms with Gasteiger partial charge in [-0.15, -0.1) is 0 Å². The van der Waals surface area contributed by atoms with Gasteiger partial charge in [0.15, 0.2) is 12.4 Å². The Kier molecular flexibility index (Phi) is 6.18. The maximum Gasteiger partial charge on any atom is 0.335 e. The number of rotatable bonds is 4. The number of aromatic carboxylic acids is 2. The molecule has 7 heteroatoms. The molecule has 0 saturated carbocycles. The minimum absolute atomic E-state index is 0.0586. The van der Waals surface area contributed by atoms with E-state index in [9.17, 15) is 14.7 Å². The monoisotopic (exact) mass is 337 g/mol. The number of hydrogen-bond donors (Lipinski definition) is 2. The molecule has 126 valence electrons. The highest BCUT2D eigenvalue weighted by Crippen LogP contribution is 2.12. The Morgan fingerprint density at radius 1 is 0.960 bits per heavy atom. The number of carbonyl (C=O) groups excluding carboxylic acids is 1. The van der Waals surface area contributed by atoms with Gasteiger partial charge in [-0.2, -0.15) is 0 Å². The van der Waals surface area contributed by atoms with Crippen molar-refractivity contribution in [3.05, 3.63) is 84.4 Å². The van der Waals surface area contributed by atoms with E-state index in [-0.39, 0.29) is 11.1 Å². The van der Waals surface area contributed by atoms with Crippen molar-refractivity contribution < 1.29 is 24.8 Å². The van der Waals surface area contributed by atoms with Crippen LogP contribution >= 0.6 is 0 Å². The zero-order chi connectivity index (χ0) is 18.1. The number of carboxylic acids is 2. The third-order valence-electron chi connectivity index (χ3n) is 3.03. The van der Waals surface area contributed by atoms with E-state index in [0.29, 0.717) is 0 Å². The van der Waals surface area contributed by atoms with Crippen LogP contribution in [0.1, 0.15) is 20.7 Å². The predicted molar refractivity (Wildman–Crippen MR) is 88.2 cm³/mol. The van der Waals surface area contributed by atoms with Gasteiger partial charge in [0.05, 0.1) is 17.2 Å². The van der Waals surface area contributed by atoms with Crippen LogP contribution in [0.5, 0.6) is 0 Å². The molecule has 0 spiro atoms. The molecule has 0 bridgehead atoms. The van der Waals surface area contributed by atoms with Crippen LogP contribution in [-0.2, 0) is 0 Å². The van der Waals surface area contributed by atoms with Crippen LogP contribution in [0.3, 0.4) is 0 Å². The fourth-order valence-electron chi connectivity index (χ4n) is 1.85. The van der Waals surface area contributed by atoms with Gasteiger partial charge >= 0.3 is 5.97 Å². The van der Waals surface area contributed by atoms with E-state index in [1.54, 1.807) is 12.4 Å². The van der Waals surface area contributed by atoms with Gasteiger partial charge in [0.2, 0.25) is 0 Å². The first-order chi connectivity index (χ1) is 12.1. The largest absolute Gasteiger partial charge is 0.545 e. The molecule has 7 nitrogen and oxygen atoms in total. The molecule has 0 aliphatic rings. The summed E-state index contributed by atoms with van der Waals surface area (Å²) in [5.41, 5.74) is 1.91. The average molecular weight is 337 g/mol. The standard InChI is InChI=1S/C10H9N3.C8H6O4/c1-5-11-6-2-9(1)13-10-3-7-12-8-4-10;9-7(10)5-2-1-3-6(4-5)8(11)12/h1-8H,(H,11,12,13);1-4H,(H,9,10)(H,11,12). The van der Waals surface area contributed by atoms with Crippen molar-refractivity contribution in [3.8, 4) is 0 Å². The average Bonchev–Trinajstić information content (AvgIpc) is 2.64. The molecule has 0 aliphatic carbocycles. The van der Waals surface area contributed by atoms with E-state index < -0.39 is 11.9 Å². The fourth-order valence-corrected chi connectivity index (χ4v) is 1.85. The molecule has 3 rings (SSSR count). The van der Waals surface area contributed by atoms with Crippen molar-refractivity contribution in [1.29, 1.82) is 0 Å². The van der Waals surface area contributed by atoms with Crippen molar-refractivity contribution >= 4 is 23.3 Å². The summed E-state index contributed by atoms with van der Waals surface area (Å²) in [6.07, 6.45) is 7.28. The second-order valence-corrected chi connectivity index (χ2v) is 4.82. The number of anilines is 2. The number of H-pyrrole nitrogens is 1. The van der Waals surface area contributed by atoms with Crippen LogP contribution < -0.4 is 15.4 Å². The first kappa shape index (κ1) is 17.6. The van der Waals surface area contributed by atoms with Gasteiger partial charge in [0.1, 0.15) is 0 Å². The molecule has 0 radical (unpaired) electrons. The van der Waals surface area contributed by atoms with Crippen LogP contribution in [0, 0.1) is 0 Å². The van der Waals surface area contributed by atoms with Crippen molar-refractivity contribution in [3.63, 3.8) is 0 Å². The van der Waals surface area contributed by atoms with Gasteiger partial charge in [-0.25, -0.2) is 9.78 Å². The van der Waals surface area contributed by atoms with Gasteiger partial charge < -0.3 is 20.3 Å². The van der Waals surface area contributed by atoms with Crippen LogP contribution in [0.4, 0.5) is 11.4 Å². The maximum absolute atomic E-state index is 10.4. The topological polar surface area (TPSA) is 116 Å². The van der Waals surface area contributed by atoms with Crippen LogP contribution in [-0.4, -0.2) is 22.0 Å². The summed E-state index contributed by atoms with van der Waals surface area (Å²) in [7, 11) is 0. The van der Waals surface area contributed by atoms with Gasteiger partial charge in [0, 0.05) is 30.2 Å². The normalized spacial score (nSPS) is 9.44. The van der Waals surface area contributed by atoms with Crippen molar-refractivity contribution in [2.45, 2.75) is 0 Å². The Hall–Kier alpha value is -3.74. The predicted octanol–water partition coefficient (Wildman–Crippen LogP) is 1.39. The molecule has 2 aromatic heterocycles. The van der Waals surface area contributed by atoms with E-state index in [0.717, 1.165) is 17.4 Å². The van der Waals surface area contributed by atoms with Crippen LogP contribution in [0.2, 0.25) is 0 Å². The molecule has 3 aromatic rings. The first-order valence-corrected chi connectivity index (χ1v) is 7.24. The summed E-state index contributed by atoms with van der Waals surface area (Å²) in [5, 5.41) is 22.0. The van der Waals surface area contributed by atoms with Gasteiger partial charge in [0.25, 0.3) is 0 Å². The van der Waals surface area contributed by atoms with E-state index in [2.05, 4.69) is 15.3 Å². The second kappa shape index (κ2) is 8.78. The van der Waals surface area contributed by atoms with Crippen molar-refractivity contribution in [2.75, 3.05) is 5.32 Å². The highest BCUT2D eigenvalue weighted by molar-refractivity contribution is 5.92. The summed E-state index contributed by atoms with van der Waals surface area (Å²) in [6, 6.07) is 12.8. The summed E-state index contributed by atoms with van der Waals surface area (Å²) in [5.74, 6) is -2.53. The number of pyridine rings is 2. The Labute approximate surface area is 143 Å². The number of hydrogen-bond acceptors (Lipinski definition) is 5. The third-order valence-corrected chi connectivity index (χ3v) is 3.03. The molecule has 2 heterocycles. The number of nitrogens with zero attached hydrogens (tertiary/aromatic N) is 1. The van der Waals surface area contributed by atoms with Gasteiger partial charge in [-0.3, -0.25) is 4.98 Å². The molecule has 25 heavy (non-hydrogen) atoms. The van der Waals surface area contributed by atoms with Crippen molar-refractivity contribution in [1.82, 2.24) is 4.98 Å². The summed E-state index contributed by atoms with van der Waals surface area (Å²) < 4.78 is 0. The zero-order valence-corrected chi connectivity index (χ0v) is 13.0. The van der Waals surface area contributed by atoms with Crippen LogP contribution in [0.25, 0.3) is 0 Å². The van der Waals surface area contributed by atoms with E-state index in [1.807, 2.05) is 36.7 Å². The fraction of sp³-hybridized carbons (Fsp3) is 0. The van der Waals surface area contributed by atoms with Gasteiger partial charge in [-0.05, 0) is 29.8 Å². The third kappa shape index (κ3) is 5.76. The van der Waals surface area contributed by atoms with Gasteiger partial charge in [-0.1, -0.05) is 12.1 Å². The Morgan fingerprint density at radius 2 is 1.56 bits per heavy atom. The highest BCUT2D eigenvalue weighted by atomic mass is 16.4. The number of nitrogens with one attached hydrogen (secondary N) is 2. The molecule has 0 aliphatic heterocycles. The minimum Gasteiger partial charge on any atom is -0.545 e. The Morgan fingerprint density at radius 3 is 2.16 bits per heavy atom. The molecular formula is C18H15N3O4. The first-order valence-electron chi connectivity index (χ1n) is 7.24. The summed E-state index contributed by atoms with van der Waals surface area (Å²) in [4.78, 5) is 27.5. The molecule has 0 fully saturated rings. The van der Waals surface area contributed by atoms with Crippen LogP contribution in [0.15, 0.2) is 73.3 Å². The number of aromatic amines is 1. The lowest BCUT2D eigenvalue weighted by molar-refractivity contribution is -0.377. The molecular weight excluding hydrogens is 322 g/mol. The quantitative estimate of drug-likeness (QED) is 0.743. The molecule has 0 unspecified atom stereocenters. The lowest BCUT2D eigenvalue weighted by atomic mass is 10.1. The smallest absolute Gasteiger partial charge is 0.335 e. The minimum atomic E-state index is -1.38. The zero-order valence-electron chi connectivity index (χ0n) is 13.0. The number of aromatic nitrogens is 2. The Bertz CT molecular complexity index is 772. The SMILES string of the molecule is O=C([O-])c1cccc(C(=O)O)c1.c1cc(Nc2cc[nH+]cc2)ccn1. The highest BCUT2D eigenvalue weighted by Gasteiger charge is 2.02. The Balaban J connectivity index is 0.000000181. The van der Waals surface area contributed by atoms with E-state index in [4.69, 9.17) is 5.11 Å². The van der Waals surface area contributed by atoms with E-state index in [1.165, 1.54) is 18.2 Å². The molecule has 3 N–H and O–H groups in total. The maximum atomic E-state index is 10.4. The number of benzene rings is 1. The number of carboxylic acid groups (broad SMARTS) is 2. The van der Waals surface area contributed by atoms with Crippen molar-refractivity contribution in [2.24, 2.45) is 0 Å². The summed E-state index contributed by atoms with van der Waals surface area (Å²) >= 11 is 0. The molecule has 0 atom stereocenters. The summed E-state index contributed by atoms with van der Waals surface area (Å²) in [6.45, 7) is 0. The lowest BCUT2D eigenvalue weighted by Crippen LogP contribution is -2.22. The molecule has 1 aromatic carbocycles. The molecule has 0 amide bonds. The lowest BCUT2D eigenvalue weighted by Gasteiger charge is -2.02. The molecule has 0 saturated heterocycles. The van der Waals surface area contributed by atoms with E-state index >= 15 is 0 Å². The number of carbonyl (C=O) groups is 2. The second-order valence-electron chi connectivity index (χ2n) is 4.82.